The number of nitrogens with zero attached hydrogens (tertiary/aromatic N) is 4. The van der Waals surface area contributed by atoms with Crippen LogP contribution < -0.4 is 9.64 Å². The summed E-state index contributed by atoms with van der Waals surface area (Å²) in [7, 11) is -3.30. The Morgan fingerprint density at radius 2 is 1.83 bits per heavy atom. The van der Waals surface area contributed by atoms with Crippen molar-refractivity contribution in [2.45, 2.75) is 70.5 Å². The highest BCUT2D eigenvalue weighted by Crippen LogP contribution is 2.36. The average molecular weight is 517 g/mol. The number of sulfone groups is 1. The van der Waals surface area contributed by atoms with Crippen molar-refractivity contribution in [1.29, 1.82) is 0 Å². The van der Waals surface area contributed by atoms with Crippen molar-refractivity contribution < 1.29 is 22.7 Å². The number of anilines is 2. The number of likely N-dealkylation sites (tertiary alicyclic amines) is 1. The number of fused-ring (bicyclic) bond motifs is 1. The number of aromatic nitrogens is 2. The van der Waals surface area contributed by atoms with Gasteiger partial charge in [-0.25, -0.2) is 23.2 Å². The summed E-state index contributed by atoms with van der Waals surface area (Å²) in [4.78, 5) is 25.2. The molecule has 2 aliphatic heterocycles. The number of hydrogen-bond acceptors (Lipinski definition) is 8. The standard InChI is InChI=1S/C26H36N4O5S/c1-18(2)16-36(32,33)21-6-7-22-19(14-21)8-13-30(22)23-15-24(28-17-27-23)34-20-9-11-29(12-10-20)25(31)35-26(3,4)5/h6-7,14-15,17-18,20H,8-13,16H2,1-5H3. The number of ether oxygens (including phenoxy) is 2. The molecule has 2 aliphatic rings. The molecule has 4 rings (SSSR count). The van der Waals surface area contributed by atoms with Gasteiger partial charge in [-0.1, -0.05) is 13.8 Å². The van der Waals surface area contributed by atoms with Gasteiger partial charge < -0.3 is 19.3 Å². The van der Waals surface area contributed by atoms with Gasteiger partial charge in [0.2, 0.25) is 5.88 Å². The molecular weight excluding hydrogens is 480 g/mol. The first kappa shape index (κ1) is 26.2. The van der Waals surface area contributed by atoms with Crippen LogP contribution >= 0.6 is 0 Å². The summed E-state index contributed by atoms with van der Waals surface area (Å²) in [5.74, 6) is 1.41. The van der Waals surface area contributed by atoms with E-state index in [1.54, 1.807) is 17.0 Å². The lowest BCUT2D eigenvalue weighted by molar-refractivity contribution is 0.0123. The van der Waals surface area contributed by atoms with Crippen LogP contribution in [0.2, 0.25) is 0 Å². The molecule has 0 N–H and O–H groups in total. The van der Waals surface area contributed by atoms with Gasteiger partial charge in [0.05, 0.1) is 10.6 Å². The van der Waals surface area contributed by atoms with Gasteiger partial charge in [0.15, 0.2) is 9.84 Å². The fourth-order valence-corrected chi connectivity index (χ4v) is 6.21. The van der Waals surface area contributed by atoms with Crippen molar-refractivity contribution in [1.82, 2.24) is 14.9 Å². The third-order valence-corrected chi connectivity index (χ3v) is 8.22. The third-order valence-electron chi connectivity index (χ3n) is 6.14. The van der Waals surface area contributed by atoms with E-state index in [-0.39, 0.29) is 23.9 Å². The summed E-state index contributed by atoms with van der Waals surface area (Å²) in [5.41, 5.74) is 1.43. The topological polar surface area (TPSA) is 102 Å². The zero-order chi connectivity index (χ0) is 26.1. The first-order valence-corrected chi connectivity index (χ1v) is 14.2. The molecule has 10 heteroatoms. The van der Waals surface area contributed by atoms with Crippen LogP contribution in [0.5, 0.6) is 5.88 Å². The van der Waals surface area contributed by atoms with E-state index < -0.39 is 15.4 Å². The number of piperidine rings is 1. The Labute approximate surface area is 213 Å². The molecule has 0 unspecified atom stereocenters. The lowest BCUT2D eigenvalue weighted by Crippen LogP contribution is -2.44. The van der Waals surface area contributed by atoms with Gasteiger partial charge in [0, 0.05) is 44.2 Å². The number of carbonyl (C=O) groups is 1. The van der Waals surface area contributed by atoms with E-state index in [2.05, 4.69) is 14.9 Å². The van der Waals surface area contributed by atoms with Crippen molar-refractivity contribution in [3.05, 3.63) is 36.2 Å². The van der Waals surface area contributed by atoms with E-state index in [1.807, 2.05) is 46.8 Å². The molecule has 1 amide bonds. The number of benzene rings is 1. The first-order valence-electron chi connectivity index (χ1n) is 12.5. The Kier molecular flexibility index (Phi) is 7.45. The van der Waals surface area contributed by atoms with Crippen molar-refractivity contribution in [3.63, 3.8) is 0 Å². The zero-order valence-electron chi connectivity index (χ0n) is 21.7. The SMILES string of the molecule is CC(C)CS(=O)(=O)c1ccc2c(c1)CCN2c1cc(OC2CCN(C(=O)OC(C)(C)C)CC2)ncn1. The highest BCUT2D eigenvalue weighted by Gasteiger charge is 2.29. The molecule has 2 aromatic rings. The van der Waals surface area contributed by atoms with Gasteiger partial charge in [0.1, 0.15) is 23.9 Å². The Hall–Kier alpha value is -2.88. The minimum atomic E-state index is -3.30. The van der Waals surface area contributed by atoms with Gasteiger partial charge in [0.25, 0.3) is 0 Å². The van der Waals surface area contributed by atoms with Crippen LogP contribution in [0.25, 0.3) is 0 Å². The number of rotatable bonds is 6. The van der Waals surface area contributed by atoms with Gasteiger partial charge in [-0.05, 0) is 56.9 Å². The van der Waals surface area contributed by atoms with Crippen LogP contribution in [0, 0.1) is 5.92 Å². The lowest BCUT2D eigenvalue weighted by atomic mass is 10.1. The van der Waals surface area contributed by atoms with Crippen LogP contribution in [0.1, 0.15) is 53.0 Å². The molecule has 196 valence electrons. The van der Waals surface area contributed by atoms with Crippen molar-refractivity contribution in [3.8, 4) is 5.88 Å². The van der Waals surface area contributed by atoms with Crippen LogP contribution in [0.3, 0.4) is 0 Å². The second kappa shape index (κ2) is 10.2. The second-order valence-electron chi connectivity index (χ2n) is 10.9. The molecule has 0 radical (unpaired) electrons. The lowest BCUT2D eigenvalue weighted by Gasteiger charge is -2.33. The van der Waals surface area contributed by atoms with E-state index in [0.717, 1.165) is 17.7 Å². The molecule has 1 aromatic carbocycles. The fraction of sp³-hybridized carbons (Fsp3) is 0.577. The zero-order valence-corrected chi connectivity index (χ0v) is 22.5. The summed E-state index contributed by atoms with van der Waals surface area (Å²) in [6.07, 6.45) is 3.27. The van der Waals surface area contributed by atoms with E-state index >= 15 is 0 Å². The van der Waals surface area contributed by atoms with Gasteiger partial charge in [-0.2, -0.15) is 0 Å². The maximum absolute atomic E-state index is 12.7. The molecule has 0 atom stereocenters. The smallest absolute Gasteiger partial charge is 0.410 e. The second-order valence-corrected chi connectivity index (χ2v) is 12.9. The van der Waals surface area contributed by atoms with Gasteiger partial charge in [-0.15, -0.1) is 0 Å². The van der Waals surface area contributed by atoms with Crippen molar-refractivity contribution >= 4 is 27.4 Å². The van der Waals surface area contributed by atoms with E-state index in [4.69, 9.17) is 9.47 Å². The molecule has 3 heterocycles. The van der Waals surface area contributed by atoms with E-state index in [9.17, 15) is 13.2 Å². The summed E-state index contributed by atoms with van der Waals surface area (Å²) < 4.78 is 36.9. The van der Waals surface area contributed by atoms with Gasteiger partial charge >= 0.3 is 6.09 Å². The van der Waals surface area contributed by atoms with Crippen LogP contribution in [-0.2, 0) is 21.0 Å². The largest absolute Gasteiger partial charge is 0.474 e. The maximum Gasteiger partial charge on any atom is 0.410 e. The summed E-state index contributed by atoms with van der Waals surface area (Å²) in [5, 5.41) is 0. The Balaban J connectivity index is 1.40. The van der Waals surface area contributed by atoms with E-state index in [0.29, 0.717) is 49.1 Å². The Morgan fingerprint density at radius 3 is 2.50 bits per heavy atom. The minimum Gasteiger partial charge on any atom is -0.474 e. The number of carbonyl (C=O) groups excluding carboxylic acids is 1. The fourth-order valence-electron chi connectivity index (χ4n) is 4.54. The molecule has 36 heavy (non-hydrogen) atoms. The predicted octanol–water partition coefficient (Wildman–Crippen LogP) is 4.38. The quantitative estimate of drug-likeness (QED) is 0.558. The maximum atomic E-state index is 12.7. The molecular formula is C26H36N4O5S. The molecule has 0 aliphatic carbocycles. The van der Waals surface area contributed by atoms with Crippen LogP contribution in [0.15, 0.2) is 35.5 Å². The van der Waals surface area contributed by atoms with Crippen molar-refractivity contribution in [2.75, 3.05) is 30.3 Å². The van der Waals surface area contributed by atoms with Crippen LogP contribution in [0.4, 0.5) is 16.3 Å². The minimum absolute atomic E-state index is 0.0500. The normalized spacial score (nSPS) is 16.8. The summed E-state index contributed by atoms with van der Waals surface area (Å²) in [6.45, 7) is 11.2. The van der Waals surface area contributed by atoms with Crippen molar-refractivity contribution in [2.24, 2.45) is 5.92 Å². The van der Waals surface area contributed by atoms with Crippen LogP contribution in [-0.4, -0.2) is 66.5 Å². The highest BCUT2D eigenvalue weighted by atomic mass is 32.2. The molecule has 0 saturated carbocycles. The Morgan fingerprint density at radius 1 is 1.11 bits per heavy atom. The molecule has 1 aromatic heterocycles. The predicted molar refractivity (Wildman–Crippen MR) is 138 cm³/mol. The molecule has 0 bridgehead atoms. The number of hydrogen-bond donors (Lipinski definition) is 0. The number of amides is 1. The molecule has 0 spiro atoms. The first-order chi connectivity index (χ1) is 16.9. The highest BCUT2D eigenvalue weighted by molar-refractivity contribution is 7.91. The summed E-state index contributed by atoms with van der Waals surface area (Å²) >= 11 is 0. The monoisotopic (exact) mass is 516 g/mol. The van der Waals surface area contributed by atoms with Gasteiger partial charge in [-0.3, -0.25) is 0 Å². The summed E-state index contributed by atoms with van der Waals surface area (Å²) in [6, 6.07) is 7.17. The average Bonchev–Trinajstić information content (AvgIpc) is 3.21. The molecule has 1 saturated heterocycles. The van der Waals surface area contributed by atoms with E-state index in [1.165, 1.54) is 6.33 Å². The molecule has 1 fully saturated rings. The third kappa shape index (κ3) is 6.27. The Bertz CT molecular complexity index is 1200. The molecule has 9 nitrogen and oxygen atoms in total.